The lowest BCUT2D eigenvalue weighted by atomic mass is 10.0. The monoisotopic (exact) mass is 459 g/mol. The summed E-state index contributed by atoms with van der Waals surface area (Å²) in [6, 6.07) is 6.68. The zero-order chi connectivity index (χ0) is 22.9. The van der Waals surface area contributed by atoms with Gasteiger partial charge in [-0.3, -0.25) is 9.71 Å². The first-order valence-electron chi connectivity index (χ1n) is 10.1. The highest BCUT2D eigenvalue weighted by atomic mass is 32.2. The van der Waals surface area contributed by atoms with E-state index in [1.807, 2.05) is 22.4 Å². The first kappa shape index (κ1) is 22.1. The zero-order valence-electron chi connectivity index (χ0n) is 17.6. The van der Waals surface area contributed by atoms with Crippen molar-refractivity contribution < 1.29 is 17.2 Å². The van der Waals surface area contributed by atoms with Crippen molar-refractivity contribution >= 4 is 27.4 Å². The molecule has 32 heavy (non-hydrogen) atoms. The summed E-state index contributed by atoms with van der Waals surface area (Å²) in [7, 11) is -2.70. The van der Waals surface area contributed by atoms with Gasteiger partial charge in [0.25, 0.3) is 10.2 Å². The van der Waals surface area contributed by atoms with E-state index < -0.39 is 21.8 Å². The van der Waals surface area contributed by atoms with E-state index in [-0.39, 0.29) is 17.8 Å². The molecule has 3 aromatic rings. The van der Waals surface area contributed by atoms with E-state index >= 15 is 0 Å². The van der Waals surface area contributed by atoms with Crippen LogP contribution in [-0.4, -0.2) is 25.4 Å². The molecule has 168 valence electrons. The highest BCUT2D eigenvalue weighted by molar-refractivity contribution is 7.90. The minimum Gasteiger partial charge on any atom is -0.352 e. The van der Waals surface area contributed by atoms with Crippen molar-refractivity contribution in [3.8, 4) is 0 Å². The van der Waals surface area contributed by atoms with Gasteiger partial charge in [-0.1, -0.05) is 6.07 Å². The number of hydrogen-bond donors (Lipinski definition) is 3. The molecule has 0 bridgehead atoms. The standard InChI is InChI=1S/C22H23F2N5O2S/c1-13-17(9-16-7-8-27-22(21(16)24)29-32(30,31)25-2)11-26-12-20(13)28-19-6-5-15(10-18(19)23)14-3-4-14/h5-8,10-12,14,25,28H,3-4,9H2,1-2H3,(H,27,29). The molecule has 0 amide bonds. The lowest BCUT2D eigenvalue weighted by Crippen LogP contribution is -2.27. The normalized spacial score (nSPS) is 13.8. The largest absolute Gasteiger partial charge is 0.352 e. The van der Waals surface area contributed by atoms with Crippen molar-refractivity contribution in [3.63, 3.8) is 0 Å². The maximum Gasteiger partial charge on any atom is 0.300 e. The van der Waals surface area contributed by atoms with E-state index in [4.69, 9.17) is 0 Å². The van der Waals surface area contributed by atoms with Gasteiger partial charge in [0.2, 0.25) is 0 Å². The maximum absolute atomic E-state index is 14.9. The van der Waals surface area contributed by atoms with Gasteiger partial charge < -0.3 is 5.32 Å². The molecule has 0 radical (unpaired) electrons. The summed E-state index contributed by atoms with van der Waals surface area (Å²) in [5.74, 6) is -1.04. The minimum atomic E-state index is -3.90. The third-order valence-electron chi connectivity index (χ3n) is 5.48. The summed E-state index contributed by atoms with van der Waals surface area (Å²) >= 11 is 0. The summed E-state index contributed by atoms with van der Waals surface area (Å²) in [4.78, 5) is 7.97. The van der Waals surface area contributed by atoms with Crippen LogP contribution >= 0.6 is 0 Å². The summed E-state index contributed by atoms with van der Waals surface area (Å²) in [5, 5.41) is 3.07. The molecule has 0 atom stereocenters. The van der Waals surface area contributed by atoms with E-state index in [1.54, 1.807) is 24.5 Å². The molecular weight excluding hydrogens is 436 g/mol. The van der Waals surface area contributed by atoms with Crippen molar-refractivity contribution in [2.75, 3.05) is 17.1 Å². The average molecular weight is 460 g/mol. The Morgan fingerprint density at radius 1 is 1.09 bits per heavy atom. The van der Waals surface area contributed by atoms with Crippen molar-refractivity contribution in [1.29, 1.82) is 0 Å². The maximum atomic E-state index is 14.9. The summed E-state index contributed by atoms with van der Waals surface area (Å²) < 4.78 is 56.9. The van der Waals surface area contributed by atoms with Gasteiger partial charge in [-0.05, 0) is 66.1 Å². The molecule has 2 aromatic heterocycles. The molecule has 0 unspecified atom stereocenters. The second-order valence-corrected chi connectivity index (χ2v) is 9.35. The van der Waals surface area contributed by atoms with Gasteiger partial charge in [0.15, 0.2) is 11.6 Å². The fourth-order valence-electron chi connectivity index (χ4n) is 3.40. The molecule has 2 heterocycles. The van der Waals surface area contributed by atoms with E-state index in [0.717, 1.165) is 24.0 Å². The summed E-state index contributed by atoms with van der Waals surface area (Å²) in [6.07, 6.45) is 6.86. The van der Waals surface area contributed by atoms with Gasteiger partial charge in [0.1, 0.15) is 5.82 Å². The van der Waals surface area contributed by atoms with Crippen molar-refractivity contribution in [2.24, 2.45) is 0 Å². The average Bonchev–Trinajstić information content (AvgIpc) is 3.60. The number of halogens is 2. The summed E-state index contributed by atoms with van der Waals surface area (Å²) in [6.45, 7) is 1.83. The second-order valence-electron chi connectivity index (χ2n) is 7.73. The molecule has 1 aromatic carbocycles. The van der Waals surface area contributed by atoms with Crippen molar-refractivity contribution in [2.45, 2.75) is 32.1 Å². The first-order chi connectivity index (χ1) is 15.3. The molecule has 0 aliphatic heterocycles. The van der Waals surface area contributed by atoms with E-state index in [2.05, 4.69) is 15.3 Å². The van der Waals surface area contributed by atoms with Crippen LogP contribution in [0.2, 0.25) is 0 Å². The number of nitrogens with zero attached hydrogens (tertiary/aromatic N) is 2. The number of aromatic nitrogens is 2. The molecule has 10 heteroatoms. The number of anilines is 3. The Kier molecular flexibility index (Phi) is 6.07. The lowest BCUT2D eigenvalue weighted by Gasteiger charge is -2.15. The van der Waals surface area contributed by atoms with Crippen molar-refractivity contribution in [3.05, 3.63) is 76.7 Å². The first-order valence-corrected chi connectivity index (χ1v) is 11.6. The van der Waals surface area contributed by atoms with Gasteiger partial charge >= 0.3 is 0 Å². The predicted octanol–water partition coefficient (Wildman–Crippen LogP) is 4.15. The third kappa shape index (κ3) is 4.86. The molecule has 1 saturated carbocycles. The second kappa shape index (κ2) is 8.79. The van der Waals surface area contributed by atoms with Gasteiger partial charge in [-0.2, -0.15) is 8.42 Å². The van der Waals surface area contributed by atoms with Crippen LogP contribution in [0.5, 0.6) is 0 Å². The number of hydrogen-bond acceptors (Lipinski definition) is 5. The SMILES string of the molecule is CNS(=O)(=O)Nc1nccc(Cc2cncc(Nc3ccc(C4CC4)cc3F)c2C)c1F. The fourth-order valence-corrected chi connectivity index (χ4v) is 3.89. The Balaban J connectivity index is 1.57. The van der Waals surface area contributed by atoms with Crippen LogP contribution in [0.25, 0.3) is 0 Å². The molecule has 3 N–H and O–H groups in total. The van der Waals surface area contributed by atoms with Crippen LogP contribution in [0, 0.1) is 18.6 Å². The Hall–Kier alpha value is -3.11. The summed E-state index contributed by atoms with van der Waals surface area (Å²) in [5.41, 5.74) is 3.68. The van der Waals surface area contributed by atoms with Crippen LogP contribution in [0.15, 0.2) is 42.9 Å². The van der Waals surface area contributed by atoms with Gasteiger partial charge in [-0.15, -0.1) is 0 Å². The number of nitrogens with one attached hydrogen (secondary N) is 3. The van der Waals surface area contributed by atoms with Crippen LogP contribution < -0.4 is 14.8 Å². The third-order valence-corrected chi connectivity index (χ3v) is 6.48. The highest BCUT2D eigenvalue weighted by Crippen LogP contribution is 2.41. The molecule has 1 aliphatic rings. The predicted molar refractivity (Wildman–Crippen MR) is 119 cm³/mol. The van der Waals surface area contributed by atoms with Gasteiger partial charge in [0, 0.05) is 25.9 Å². The minimum absolute atomic E-state index is 0.153. The molecular formula is C22H23F2N5O2S. The topological polar surface area (TPSA) is 96.0 Å². The van der Waals surface area contributed by atoms with Crippen LogP contribution in [-0.2, 0) is 16.6 Å². The zero-order valence-corrected chi connectivity index (χ0v) is 18.4. The lowest BCUT2D eigenvalue weighted by molar-refractivity contribution is 0.589. The molecule has 0 saturated heterocycles. The van der Waals surface area contributed by atoms with Gasteiger partial charge in [-0.25, -0.2) is 18.5 Å². The Bertz CT molecular complexity index is 1260. The van der Waals surface area contributed by atoms with E-state index in [1.165, 1.54) is 19.3 Å². The Labute approximate surface area is 185 Å². The van der Waals surface area contributed by atoms with E-state index in [0.29, 0.717) is 22.9 Å². The number of benzene rings is 1. The molecule has 1 fully saturated rings. The molecule has 0 spiro atoms. The molecule has 1 aliphatic carbocycles. The van der Waals surface area contributed by atoms with E-state index in [9.17, 15) is 17.2 Å². The van der Waals surface area contributed by atoms with Crippen LogP contribution in [0.4, 0.5) is 26.0 Å². The molecule has 4 rings (SSSR count). The molecule has 7 nitrogen and oxygen atoms in total. The van der Waals surface area contributed by atoms with Crippen molar-refractivity contribution in [1.82, 2.24) is 14.7 Å². The van der Waals surface area contributed by atoms with Crippen LogP contribution in [0.1, 0.15) is 41.0 Å². The number of rotatable bonds is 8. The van der Waals surface area contributed by atoms with Crippen LogP contribution in [0.3, 0.4) is 0 Å². The van der Waals surface area contributed by atoms with Gasteiger partial charge in [0.05, 0.1) is 17.6 Å². The smallest absolute Gasteiger partial charge is 0.300 e. The highest BCUT2D eigenvalue weighted by Gasteiger charge is 2.24. The Morgan fingerprint density at radius 3 is 2.56 bits per heavy atom. The number of pyridine rings is 2. The Morgan fingerprint density at radius 2 is 1.88 bits per heavy atom. The fraction of sp³-hybridized carbons (Fsp3) is 0.273. The quantitative estimate of drug-likeness (QED) is 0.470.